The molecule has 0 spiro atoms. The Morgan fingerprint density at radius 2 is 2.20 bits per heavy atom. The number of nitrogens with zero attached hydrogens (tertiary/aromatic N) is 2. The Balaban J connectivity index is 1.99. The number of nitrogens with one attached hydrogen (secondary N) is 2. The molecule has 5 heteroatoms. The predicted molar refractivity (Wildman–Crippen MR) is 78.3 cm³/mol. The zero-order chi connectivity index (χ0) is 14.2. The van der Waals surface area contributed by atoms with Gasteiger partial charge in [-0.1, -0.05) is 12.1 Å². The van der Waals surface area contributed by atoms with Crippen LogP contribution < -0.4 is 10.6 Å². The molecule has 20 heavy (non-hydrogen) atoms. The van der Waals surface area contributed by atoms with Crippen LogP contribution in [0.4, 0.5) is 5.69 Å². The largest absolute Gasteiger partial charge is 0.380 e. The second-order valence-corrected chi connectivity index (χ2v) is 4.18. The molecule has 0 bridgehead atoms. The molecule has 2 aromatic rings. The van der Waals surface area contributed by atoms with Crippen molar-refractivity contribution in [3.63, 3.8) is 0 Å². The van der Waals surface area contributed by atoms with Crippen LogP contribution in [0.3, 0.4) is 0 Å². The molecule has 2 heterocycles. The van der Waals surface area contributed by atoms with Gasteiger partial charge in [0.25, 0.3) is 5.91 Å². The van der Waals surface area contributed by atoms with Gasteiger partial charge in [0.2, 0.25) is 0 Å². The van der Waals surface area contributed by atoms with E-state index in [2.05, 4.69) is 27.2 Å². The summed E-state index contributed by atoms with van der Waals surface area (Å²) in [6, 6.07) is 5.63. The van der Waals surface area contributed by atoms with Crippen molar-refractivity contribution in [2.45, 2.75) is 6.54 Å². The van der Waals surface area contributed by atoms with Crippen LogP contribution in [-0.4, -0.2) is 22.4 Å². The number of carbonyl (C=O) groups excluding carboxylic acids is 1. The number of amides is 1. The van der Waals surface area contributed by atoms with Crippen molar-refractivity contribution in [2.24, 2.45) is 0 Å². The number of hydrogen-bond donors (Lipinski definition) is 2. The molecule has 0 radical (unpaired) electrons. The summed E-state index contributed by atoms with van der Waals surface area (Å²) >= 11 is 0. The monoisotopic (exact) mass is 268 g/mol. The minimum absolute atomic E-state index is 0.164. The molecule has 0 unspecified atom stereocenters. The van der Waals surface area contributed by atoms with Crippen molar-refractivity contribution in [1.82, 2.24) is 15.3 Å². The third-order valence-corrected chi connectivity index (χ3v) is 2.63. The fraction of sp³-hybridized carbons (Fsp3) is 0.133. The Morgan fingerprint density at radius 1 is 1.30 bits per heavy atom. The van der Waals surface area contributed by atoms with E-state index in [0.29, 0.717) is 18.7 Å². The van der Waals surface area contributed by atoms with Gasteiger partial charge >= 0.3 is 0 Å². The summed E-state index contributed by atoms with van der Waals surface area (Å²) in [6.07, 6.45) is 8.38. The zero-order valence-electron chi connectivity index (χ0n) is 11.0. The Bertz CT molecular complexity index is 583. The van der Waals surface area contributed by atoms with E-state index >= 15 is 0 Å². The van der Waals surface area contributed by atoms with Crippen molar-refractivity contribution in [1.29, 1.82) is 0 Å². The van der Waals surface area contributed by atoms with Gasteiger partial charge in [0.1, 0.15) is 0 Å². The third kappa shape index (κ3) is 3.91. The van der Waals surface area contributed by atoms with Crippen LogP contribution in [0.5, 0.6) is 0 Å². The zero-order valence-corrected chi connectivity index (χ0v) is 11.0. The predicted octanol–water partition coefficient (Wildman–Crippen LogP) is 2.00. The first-order chi connectivity index (χ1) is 9.79. The topological polar surface area (TPSA) is 66.9 Å². The van der Waals surface area contributed by atoms with Crippen LogP contribution in [0.15, 0.2) is 55.6 Å². The molecule has 0 saturated heterocycles. The first-order valence-corrected chi connectivity index (χ1v) is 6.26. The molecule has 5 nitrogen and oxygen atoms in total. The maximum absolute atomic E-state index is 11.8. The number of pyridine rings is 2. The summed E-state index contributed by atoms with van der Waals surface area (Å²) in [7, 11) is 0. The third-order valence-electron chi connectivity index (χ3n) is 2.63. The maximum Gasteiger partial charge on any atom is 0.253 e. The van der Waals surface area contributed by atoms with Gasteiger partial charge in [-0.2, -0.15) is 0 Å². The maximum atomic E-state index is 11.8. The summed E-state index contributed by atoms with van der Waals surface area (Å²) in [5, 5.41) is 5.92. The highest BCUT2D eigenvalue weighted by molar-refractivity contribution is 5.94. The molecule has 2 aromatic heterocycles. The van der Waals surface area contributed by atoms with E-state index in [4.69, 9.17) is 0 Å². The van der Waals surface area contributed by atoms with Crippen LogP contribution in [0, 0.1) is 0 Å². The molecule has 102 valence electrons. The Labute approximate surface area is 117 Å². The average molecular weight is 268 g/mol. The van der Waals surface area contributed by atoms with Crippen molar-refractivity contribution < 1.29 is 4.79 Å². The van der Waals surface area contributed by atoms with Gasteiger partial charge in [-0.05, 0) is 17.7 Å². The number of hydrogen-bond acceptors (Lipinski definition) is 4. The number of carbonyl (C=O) groups is 1. The summed E-state index contributed by atoms with van der Waals surface area (Å²) in [6.45, 7) is 4.63. The molecule has 0 fully saturated rings. The number of rotatable bonds is 6. The average Bonchev–Trinajstić information content (AvgIpc) is 2.52. The lowest BCUT2D eigenvalue weighted by atomic mass is 10.2. The van der Waals surface area contributed by atoms with Crippen LogP contribution >= 0.6 is 0 Å². The van der Waals surface area contributed by atoms with Crippen LogP contribution in [0.2, 0.25) is 0 Å². The second kappa shape index (κ2) is 7.04. The van der Waals surface area contributed by atoms with Gasteiger partial charge in [-0.3, -0.25) is 14.8 Å². The lowest BCUT2D eigenvalue weighted by Gasteiger charge is -2.07. The fourth-order valence-corrected chi connectivity index (χ4v) is 1.63. The van der Waals surface area contributed by atoms with Crippen molar-refractivity contribution in [3.05, 3.63) is 66.8 Å². The van der Waals surface area contributed by atoms with Gasteiger partial charge < -0.3 is 10.6 Å². The highest BCUT2D eigenvalue weighted by Gasteiger charge is 2.05. The quantitative estimate of drug-likeness (QED) is 0.786. The van der Waals surface area contributed by atoms with E-state index in [-0.39, 0.29) is 5.91 Å². The van der Waals surface area contributed by atoms with Crippen LogP contribution in [0.25, 0.3) is 0 Å². The summed E-state index contributed by atoms with van der Waals surface area (Å²) in [5.74, 6) is -0.164. The molecule has 1 amide bonds. The van der Waals surface area contributed by atoms with Crippen LogP contribution in [0.1, 0.15) is 15.9 Å². The van der Waals surface area contributed by atoms with Gasteiger partial charge in [0.05, 0.1) is 11.3 Å². The molecule has 2 rings (SSSR count). The Kier molecular flexibility index (Phi) is 4.83. The first kappa shape index (κ1) is 13.7. The molecule has 0 aliphatic carbocycles. The lowest BCUT2D eigenvalue weighted by molar-refractivity contribution is 0.0957. The first-order valence-electron chi connectivity index (χ1n) is 6.26. The molecular formula is C15H16N4O. The van der Waals surface area contributed by atoms with Gasteiger partial charge in [-0.25, -0.2) is 0 Å². The summed E-state index contributed by atoms with van der Waals surface area (Å²) < 4.78 is 0. The van der Waals surface area contributed by atoms with Gasteiger partial charge in [-0.15, -0.1) is 6.58 Å². The number of anilines is 1. The molecule has 2 N–H and O–H groups in total. The minimum atomic E-state index is -0.164. The smallest absolute Gasteiger partial charge is 0.253 e. The lowest BCUT2D eigenvalue weighted by Crippen LogP contribution is -2.23. The summed E-state index contributed by atoms with van der Waals surface area (Å²) in [5.41, 5.74) is 2.37. The van der Waals surface area contributed by atoms with Crippen LogP contribution in [-0.2, 0) is 6.54 Å². The van der Waals surface area contributed by atoms with Crippen molar-refractivity contribution >= 4 is 11.6 Å². The molecule has 0 aliphatic heterocycles. The van der Waals surface area contributed by atoms with E-state index < -0.39 is 0 Å². The van der Waals surface area contributed by atoms with Gasteiger partial charge in [0, 0.05) is 37.9 Å². The van der Waals surface area contributed by atoms with Gasteiger partial charge in [0.15, 0.2) is 0 Å². The molecular weight excluding hydrogens is 252 g/mol. The molecule has 0 aliphatic rings. The Morgan fingerprint density at radius 3 is 2.95 bits per heavy atom. The van der Waals surface area contributed by atoms with E-state index in [1.165, 1.54) is 6.20 Å². The normalized spacial score (nSPS) is 9.80. The van der Waals surface area contributed by atoms with E-state index in [1.807, 2.05) is 12.1 Å². The van der Waals surface area contributed by atoms with E-state index in [0.717, 1.165) is 11.3 Å². The van der Waals surface area contributed by atoms with Crippen molar-refractivity contribution in [2.75, 3.05) is 11.9 Å². The molecule has 0 saturated carbocycles. The standard InChI is InChI=1S/C15H16N4O/c1-2-5-18-15(20)13-7-14(11-17-10-13)19-9-12-4-3-6-16-8-12/h2-4,6-8,10-11,19H,1,5,9H2,(H,18,20). The fourth-order valence-electron chi connectivity index (χ4n) is 1.63. The second-order valence-electron chi connectivity index (χ2n) is 4.18. The van der Waals surface area contributed by atoms with E-state index in [1.54, 1.807) is 30.7 Å². The number of aromatic nitrogens is 2. The molecule has 0 atom stereocenters. The van der Waals surface area contributed by atoms with Crippen molar-refractivity contribution in [3.8, 4) is 0 Å². The summed E-state index contributed by atoms with van der Waals surface area (Å²) in [4.78, 5) is 19.9. The van der Waals surface area contributed by atoms with E-state index in [9.17, 15) is 4.79 Å². The highest BCUT2D eigenvalue weighted by Crippen LogP contribution is 2.10. The molecule has 0 aromatic carbocycles. The Hall–Kier alpha value is -2.69. The SMILES string of the molecule is C=CCNC(=O)c1cncc(NCc2cccnc2)c1. The highest BCUT2D eigenvalue weighted by atomic mass is 16.1. The minimum Gasteiger partial charge on any atom is -0.380 e.